The van der Waals surface area contributed by atoms with E-state index >= 15 is 0 Å². The normalized spacial score (nSPS) is 12.5. The van der Waals surface area contributed by atoms with E-state index in [1.54, 1.807) is 13.2 Å². The van der Waals surface area contributed by atoms with Crippen LogP contribution in [0.25, 0.3) is 0 Å². The minimum atomic E-state index is -0.563. The maximum atomic E-state index is 13.2. The fourth-order valence-electron chi connectivity index (χ4n) is 1.92. The fourth-order valence-corrected chi connectivity index (χ4v) is 1.92. The van der Waals surface area contributed by atoms with Gasteiger partial charge in [0.15, 0.2) is 0 Å². The Labute approximate surface area is 107 Å². The number of benzene rings is 1. The molecule has 4 nitrogen and oxygen atoms in total. The first-order chi connectivity index (χ1) is 8.58. The molecule has 1 unspecified atom stereocenters. The average molecular weight is 256 g/mol. The molecule has 0 radical (unpaired) electrons. The highest BCUT2D eigenvalue weighted by Gasteiger charge is 2.12. The molecule has 1 aromatic carbocycles. The Morgan fingerprint density at radius 2 is 2.22 bits per heavy atom. The number of nitrogens with zero attached hydrogens (tertiary/aromatic N) is 1. The van der Waals surface area contributed by atoms with Crippen molar-refractivity contribution in [2.45, 2.75) is 12.6 Å². The molecule has 1 rings (SSSR count). The number of anilines is 1. The van der Waals surface area contributed by atoms with Crippen molar-refractivity contribution in [2.24, 2.45) is 0 Å². The molecule has 0 saturated heterocycles. The third-order valence-corrected chi connectivity index (χ3v) is 2.66. The number of rotatable bonds is 7. The minimum absolute atomic E-state index is 0.255. The van der Waals surface area contributed by atoms with Crippen LogP contribution in [0.5, 0.6) is 0 Å². The summed E-state index contributed by atoms with van der Waals surface area (Å²) in [6.45, 7) is 1.31. The van der Waals surface area contributed by atoms with Gasteiger partial charge >= 0.3 is 0 Å². The van der Waals surface area contributed by atoms with Gasteiger partial charge in [-0.25, -0.2) is 4.39 Å². The summed E-state index contributed by atoms with van der Waals surface area (Å²) >= 11 is 0. The van der Waals surface area contributed by atoms with Gasteiger partial charge in [0.05, 0.1) is 12.7 Å². The summed E-state index contributed by atoms with van der Waals surface area (Å²) in [6, 6.07) is 4.65. The van der Waals surface area contributed by atoms with Crippen LogP contribution in [-0.4, -0.2) is 45.6 Å². The predicted octanol–water partition coefficient (Wildman–Crippen LogP) is 0.989. The number of hydrogen-bond donors (Lipinski definition) is 2. The summed E-state index contributed by atoms with van der Waals surface area (Å²) in [6.07, 6.45) is -0.563. The standard InChI is InChI=1S/C13H21FN2O2/c1-15-7-10-6-11(14)4-5-13(10)16(2)8-12(17)9-18-3/h4-6,12,15,17H,7-9H2,1-3H3. The van der Waals surface area contributed by atoms with Crippen molar-refractivity contribution in [3.63, 3.8) is 0 Å². The molecule has 0 saturated carbocycles. The third-order valence-electron chi connectivity index (χ3n) is 2.66. The highest BCUT2D eigenvalue weighted by Crippen LogP contribution is 2.20. The number of aliphatic hydroxyl groups excluding tert-OH is 1. The average Bonchev–Trinajstić information content (AvgIpc) is 2.29. The largest absolute Gasteiger partial charge is 0.389 e. The Balaban J connectivity index is 2.80. The Kier molecular flexibility index (Phi) is 6.04. The molecule has 0 aromatic heterocycles. The van der Waals surface area contributed by atoms with Crippen LogP contribution in [-0.2, 0) is 11.3 Å². The lowest BCUT2D eigenvalue weighted by molar-refractivity contribution is 0.0695. The number of hydrogen-bond acceptors (Lipinski definition) is 4. The maximum Gasteiger partial charge on any atom is 0.123 e. The minimum Gasteiger partial charge on any atom is -0.389 e. The Morgan fingerprint density at radius 1 is 1.50 bits per heavy atom. The highest BCUT2D eigenvalue weighted by molar-refractivity contribution is 5.53. The molecule has 1 atom stereocenters. The zero-order chi connectivity index (χ0) is 13.5. The number of methoxy groups -OCH3 is 1. The Morgan fingerprint density at radius 3 is 2.83 bits per heavy atom. The van der Waals surface area contributed by atoms with E-state index in [-0.39, 0.29) is 12.4 Å². The highest BCUT2D eigenvalue weighted by atomic mass is 19.1. The lowest BCUT2D eigenvalue weighted by atomic mass is 10.1. The van der Waals surface area contributed by atoms with Crippen molar-refractivity contribution in [3.8, 4) is 0 Å². The van der Waals surface area contributed by atoms with E-state index in [0.717, 1.165) is 11.3 Å². The predicted molar refractivity (Wildman–Crippen MR) is 70.3 cm³/mol. The summed E-state index contributed by atoms with van der Waals surface area (Å²) in [5, 5.41) is 12.7. The first-order valence-electron chi connectivity index (χ1n) is 5.89. The molecule has 0 aliphatic heterocycles. The second kappa shape index (κ2) is 7.31. The topological polar surface area (TPSA) is 44.7 Å². The smallest absolute Gasteiger partial charge is 0.123 e. The number of nitrogens with one attached hydrogen (secondary N) is 1. The van der Waals surface area contributed by atoms with E-state index in [9.17, 15) is 9.50 Å². The lowest BCUT2D eigenvalue weighted by Gasteiger charge is -2.25. The molecule has 0 fully saturated rings. The van der Waals surface area contributed by atoms with Crippen molar-refractivity contribution in [1.82, 2.24) is 5.32 Å². The van der Waals surface area contributed by atoms with Crippen LogP contribution in [0.1, 0.15) is 5.56 Å². The SMILES string of the molecule is CNCc1cc(F)ccc1N(C)CC(O)COC. The fraction of sp³-hybridized carbons (Fsp3) is 0.538. The maximum absolute atomic E-state index is 13.2. The monoisotopic (exact) mass is 256 g/mol. The van der Waals surface area contributed by atoms with Gasteiger partial charge in [-0.15, -0.1) is 0 Å². The summed E-state index contributed by atoms with van der Waals surface area (Å²) in [5.41, 5.74) is 1.77. The van der Waals surface area contributed by atoms with Gasteiger partial charge in [0, 0.05) is 32.9 Å². The van der Waals surface area contributed by atoms with Crippen LogP contribution in [0.15, 0.2) is 18.2 Å². The molecule has 0 heterocycles. The van der Waals surface area contributed by atoms with Crippen molar-refractivity contribution < 1.29 is 14.2 Å². The molecule has 0 spiro atoms. The summed E-state index contributed by atoms with van der Waals surface area (Å²) in [4.78, 5) is 1.90. The number of ether oxygens (including phenoxy) is 1. The molecule has 2 N–H and O–H groups in total. The van der Waals surface area contributed by atoms with Gasteiger partial charge in [-0.3, -0.25) is 0 Å². The molecular formula is C13H21FN2O2. The van der Waals surface area contributed by atoms with Crippen molar-refractivity contribution >= 4 is 5.69 Å². The molecule has 0 aliphatic carbocycles. The molecule has 5 heteroatoms. The third kappa shape index (κ3) is 4.25. The van der Waals surface area contributed by atoms with Crippen LogP contribution < -0.4 is 10.2 Å². The van der Waals surface area contributed by atoms with E-state index in [1.807, 2.05) is 19.0 Å². The summed E-state index contributed by atoms with van der Waals surface area (Å²) in [5.74, 6) is -0.255. The van der Waals surface area contributed by atoms with Gasteiger partial charge in [0.2, 0.25) is 0 Å². The Hall–Kier alpha value is -1.17. The molecule has 0 bridgehead atoms. The molecule has 18 heavy (non-hydrogen) atoms. The molecule has 0 amide bonds. The van der Waals surface area contributed by atoms with Gasteiger partial charge in [-0.1, -0.05) is 0 Å². The zero-order valence-corrected chi connectivity index (χ0v) is 11.1. The molecular weight excluding hydrogens is 235 g/mol. The van der Waals surface area contributed by atoms with Gasteiger partial charge < -0.3 is 20.1 Å². The van der Waals surface area contributed by atoms with E-state index in [1.165, 1.54) is 12.1 Å². The van der Waals surface area contributed by atoms with Crippen molar-refractivity contribution in [3.05, 3.63) is 29.6 Å². The quantitative estimate of drug-likeness (QED) is 0.763. The van der Waals surface area contributed by atoms with Crippen LogP contribution in [0.3, 0.4) is 0 Å². The Bertz CT molecular complexity index is 374. The van der Waals surface area contributed by atoms with Crippen molar-refractivity contribution in [1.29, 1.82) is 0 Å². The van der Waals surface area contributed by atoms with E-state index in [0.29, 0.717) is 13.1 Å². The van der Waals surface area contributed by atoms with Crippen LogP contribution >= 0.6 is 0 Å². The van der Waals surface area contributed by atoms with E-state index in [4.69, 9.17) is 4.74 Å². The van der Waals surface area contributed by atoms with Gasteiger partial charge in [-0.05, 0) is 30.8 Å². The lowest BCUT2D eigenvalue weighted by Crippen LogP contribution is -2.32. The first-order valence-corrected chi connectivity index (χ1v) is 5.89. The first kappa shape index (κ1) is 14.9. The number of aliphatic hydroxyl groups is 1. The molecule has 102 valence electrons. The zero-order valence-electron chi connectivity index (χ0n) is 11.1. The molecule has 1 aromatic rings. The second-order valence-electron chi connectivity index (χ2n) is 4.29. The molecule has 0 aliphatic rings. The van der Waals surface area contributed by atoms with Gasteiger partial charge in [0.1, 0.15) is 5.82 Å². The number of halogens is 1. The van der Waals surface area contributed by atoms with Gasteiger partial charge in [-0.2, -0.15) is 0 Å². The van der Waals surface area contributed by atoms with Crippen molar-refractivity contribution in [2.75, 3.05) is 39.3 Å². The summed E-state index contributed by atoms with van der Waals surface area (Å²) in [7, 11) is 5.23. The van der Waals surface area contributed by atoms with E-state index < -0.39 is 6.10 Å². The van der Waals surface area contributed by atoms with E-state index in [2.05, 4.69) is 5.32 Å². The van der Waals surface area contributed by atoms with Crippen LogP contribution in [0.2, 0.25) is 0 Å². The second-order valence-corrected chi connectivity index (χ2v) is 4.29. The summed E-state index contributed by atoms with van der Waals surface area (Å²) < 4.78 is 18.1. The van der Waals surface area contributed by atoms with Gasteiger partial charge in [0.25, 0.3) is 0 Å². The number of likely N-dealkylation sites (N-methyl/N-ethyl adjacent to an activating group) is 1. The van der Waals surface area contributed by atoms with Crippen LogP contribution in [0, 0.1) is 5.82 Å². The van der Waals surface area contributed by atoms with Crippen LogP contribution in [0.4, 0.5) is 10.1 Å².